The Morgan fingerprint density at radius 2 is 1.10 bits per heavy atom. The van der Waals surface area contributed by atoms with E-state index in [9.17, 15) is 0 Å². The summed E-state index contributed by atoms with van der Waals surface area (Å²) in [7, 11) is 0. The van der Waals surface area contributed by atoms with Gasteiger partial charge in [0, 0.05) is 22.4 Å². The maximum Gasteiger partial charge on any atom is 0.0546 e. The summed E-state index contributed by atoms with van der Waals surface area (Å²) in [6.45, 7) is 4.77. The van der Waals surface area contributed by atoms with Crippen LogP contribution in [0.15, 0.2) is 164 Å². The van der Waals surface area contributed by atoms with Gasteiger partial charge in [0.15, 0.2) is 0 Å². The first-order valence-corrected chi connectivity index (χ1v) is 22.8. The van der Waals surface area contributed by atoms with Gasteiger partial charge in [0.25, 0.3) is 0 Å². The van der Waals surface area contributed by atoms with Crippen LogP contribution in [0.2, 0.25) is 0 Å². The highest BCUT2D eigenvalue weighted by atomic mass is 15.1. The molecule has 2 fully saturated rings. The van der Waals surface area contributed by atoms with E-state index < -0.39 is 0 Å². The lowest BCUT2D eigenvalue weighted by molar-refractivity contribution is 0.444. The lowest BCUT2D eigenvalue weighted by Crippen LogP contribution is -2.16. The highest BCUT2D eigenvalue weighted by molar-refractivity contribution is 6.12. The lowest BCUT2D eigenvalue weighted by Gasteiger charge is -2.32. The summed E-state index contributed by atoms with van der Waals surface area (Å²) in [4.78, 5) is 2.62. The van der Waals surface area contributed by atoms with E-state index in [1.54, 1.807) is 0 Å². The average Bonchev–Trinajstić information content (AvgIpc) is 3.54. The van der Waals surface area contributed by atoms with Gasteiger partial charge in [0.05, 0.1) is 5.69 Å². The molecule has 0 heterocycles. The van der Waals surface area contributed by atoms with Crippen molar-refractivity contribution in [2.45, 2.75) is 95.3 Å². The second-order valence-electron chi connectivity index (χ2n) is 18.5. The van der Waals surface area contributed by atoms with Gasteiger partial charge < -0.3 is 4.90 Å². The molecule has 2 saturated carbocycles. The van der Waals surface area contributed by atoms with Gasteiger partial charge in [0.2, 0.25) is 0 Å². The highest BCUT2D eigenvalue weighted by Crippen LogP contribution is 2.53. The summed E-state index contributed by atoms with van der Waals surface area (Å²) in [6.07, 6.45) is 13.1. The van der Waals surface area contributed by atoms with Crippen molar-refractivity contribution in [2.75, 3.05) is 4.90 Å². The topological polar surface area (TPSA) is 3.24 Å². The third kappa shape index (κ3) is 6.37. The number of nitrogens with zero attached hydrogens (tertiary/aromatic N) is 1. The minimum atomic E-state index is -0.0657. The minimum Gasteiger partial charge on any atom is -0.310 e. The van der Waals surface area contributed by atoms with Crippen molar-refractivity contribution in [3.8, 4) is 33.4 Å². The largest absolute Gasteiger partial charge is 0.310 e. The fourth-order valence-corrected chi connectivity index (χ4v) is 11.6. The number of hydrogen-bond donors (Lipinski definition) is 0. The van der Waals surface area contributed by atoms with Gasteiger partial charge in [-0.3, -0.25) is 0 Å². The van der Waals surface area contributed by atoms with Gasteiger partial charge in [-0.15, -0.1) is 0 Å². The van der Waals surface area contributed by atoms with Gasteiger partial charge in [0.1, 0.15) is 0 Å². The fourth-order valence-electron chi connectivity index (χ4n) is 11.6. The Bertz CT molecular complexity index is 2870. The average molecular weight is 778 g/mol. The van der Waals surface area contributed by atoms with Gasteiger partial charge in [-0.1, -0.05) is 186 Å². The van der Waals surface area contributed by atoms with Crippen LogP contribution in [-0.4, -0.2) is 0 Å². The first-order chi connectivity index (χ1) is 29.5. The summed E-state index contributed by atoms with van der Waals surface area (Å²) >= 11 is 0. The zero-order chi connectivity index (χ0) is 40.2. The second kappa shape index (κ2) is 15.3. The van der Waals surface area contributed by atoms with Crippen LogP contribution in [0, 0.1) is 0 Å². The van der Waals surface area contributed by atoms with Crippen LogP contribution >= 0.6 is 0 Å². The van der Waals surface area contributed by atoms with E-state index in [1.165, 1.54) is 158 Å². The Morgan fingerprint density at radius 1 is 0.433 bits per heavy atom. The van der Waals surface area contributed by atoms with Crippen molar-refractivity contribution in [3.63, 3.8) is 0 Å². The van der Waals surface area contributed by atoms with Crippen molar-refractivity contribution >= 4 is 38.6 Å². The molecule has 0 radical (unpaired) electrons. The minimum absolute atomic E-state index is 0.0657. The molecule has 0 atom stereocenters. The molecule has 11 rings (SSSR count). The fraction of sp³-hybridized carbons (Fsp3) is 0.254. The number of benzene rings is 8. The molecule has 8 aromatic rings. The monoisotopic (exact) mass is 777 g/mol. The maximum absolute atomic E-state index is 2.62. The molecule has 60 heavy (non-hydrogen) atoms. The quantitative estimate of drug-likeness (QED) is 0.156. The van der Waals surface area contributed by atoms with Crippen LogP contribution in [0.1, 0.15) is 112 Å². The van der Waals surface area contributed by atoms with Crippen molar-refractivity contribution < 1.29 is 0 Å². The summed E-state index contributed by atoms with van der Waals surface area (Å²) in [6, 6.07) is 63.1. The molecule has 0 bridgehead atoms. The molecule has 296 valence electrons. The van der Waals surface area contributed by atoms with Crippen LogP contribution in [0.3, 0.4) is 0 Å². The molecule has 0 aliphatic heterocycles. The SMILES string of the molecule is CC1(C)c2ccccc2-c2cc(N(c3cc(-c4ccccc4)cc(C4CCCCC4)c3)c3ccc4ccccc4c3-c3cccc4c(C5CCCCC5)cccc34)ccc21. The molecule has 3 aliphatic carbocycles. The summed E-state index contributed by atoms with van der Waals surface area (Å²) < 4.78 is 0. The van der Waals surface area contributed by atoms with E-state index in [1.807, 2.05) is 0 Å². The first kappa shape index (κ1) is 37.1. The molecule has 0 unspecified atom stereocenters. The molecular formula is C59H55N. The number of anilines is 3. The van der Waals surface area contributed by atoms with E-state index in [0.717, 1.165) is 0 Å². The third-order valence-corrected chi connectivity index (χ3v) is 14.6. The molecule has 8 aromatic carbocycles. The van der Waals surface area contributed by atoms with Crippen LogP contribution in [-0.2, 0) is 5.41 Å². The smallest absolute Gasteiger partial charge is 0.0546 e. The number of hydrogen-bond acceptors (Lipinski definition) is 1. The predicted molar refractivity (Wildman–Crippen MR) is 256 cm³/mol. The summed E-state index contributed by atoms with van der Waals surface area (Å²) in [5.41, 5.74) is 17.2. The van der Waals surface area contributed by atoms with Gasteiger partial charge in [-0.25, -0.2) is 0 Å². The Morgan fingerprint density at radius 3 is 1.93 bits per heavy atom. The van der Waals surface area contributed by atoms with E-state index in [4.69, 9.17) is 0 Å². The normalized spacial score (nSPS) is 16.5. The first-order valence-electron chi connectivity index (χ1n) is 22.8. The van der Waals surface area contributed by atoms with E-state index in [-0.39, 0.29) is 5.41 Å². The van der Waals surface area contributed by atoms with Gasteiger partial charge >= 0.3 is 0 Å². The van der Waals surface area contributed by atoms with Crippen LogP contribution in [0.25, 0.3) is 54.9 Å². The highest BCUT2D eigenvalue weighted by Gasteiger charge is 2.36. The van der Waals surface area contributed by atoms with Crippen LogP contribution in [0.5, 0.6) is 0 Å². The van der Waals surface area contributed by atoms with E-state index in [2.05, 4.69) is 183 Å². The standard InChI is InChI=1S/C59H55N/c1-59(2)55-31-15-14-26-52(55)54-39-46(33-34-56(54)59)60(47-37-44(40-18-6-3-7-19-40)36-45(38-47)41-20-8-4-9-21-41)57-35-32-43-24-12-13-25-49(43)58(57)53-30-17-28-50-48(27-16-29-51(50)53)42-22-10-5-11-23-42/h3,6-7,12-19,24-39,41-42H,4-5,8-11,20-23H2,1-2H3. The molecule has 0 N–H and O–H groups in total. The summed E-state index contributed by atoms with van der Waals surface area (Å²) in [5.74, 6) is 1.18. The summed E-state index contributed by atoms with van der Waals surface area (Å²) in [5, 5.41) is 5.31. The second-order valence-corrected chi connectivity index (χ2v) is 18.5. The van der Waals surface area contributed by atoms with Crippen LogP contribution in [0.4, 0.5) is 17.1 Å². The molecular weight excluding hydrogens is 723 g/mol. The Labute approximate surface area is 356 Å². The van der Waals surface area contributed by atoms with Crippen molar-refractivity contribution in [1.29, 1.82) is 0 Å². The zero-order valence-corrected chi connectivity index (χ0v) is 35.3. The van der Waals surface area contributed by atoms with Crippen molar-refractivity contribution in [1.82, 2.24) is 0 Å². The molecule has 1 heteroatoms. The predicted octanol–water partition coefficient (Wildman–Crippen LogP) is 17.2. The zero-order valence-electron chi connectivity index (χ0n) is 35.3. The Kier molecular flexibility index (Phi) is 9.45. The lowest BCUT2D eigenvalue weighted by atomic mass is 9.81. The molecule has 3 aliphatic rings. The van der Waals surface area contributed by atoms with E-state index >= 15 is 0 Å². The number of rotatable bonds is 7. The van der Waals surface area contributed by atoms with Crippen molar-refractivity contribution in [2.24, 2.45) is 0 Å². The molecule has 0 spiro atoms. The van der Waals surface area contributed by atoms with Gasteiger partial charge in [-0.2, -0.15) is 0 Å². The molecule has 1 nitrogen and oxygen atoms in total. The maximum atomic E-state index is 2.62. The van der Waals surface area contributed by atoms with Gasteiger partial charge in [-0.05, 0) is 139 Å². The Balaban J connectivity index is 1.21. The van der Waals surface area contributed by atoms with Crippen LogP contribution < -0.4 is 4.90 Å². The van der Waals surface area contributed by atoms with E-state index in [0.29, 0.717) is 11.8 Å². The third-order valence-electron chi connectivity index (χ3n) is 14.6. The molecule has 0 saturated heterocycles. The van der Waals surface area contributed by atoms with Crippen molar-refractivity contribution in [3.05, 3.63) is 186 Å². The number of fused-ring (bicyclic) bond motifs is 5. The molecule has 0 amide bonds. The Hall–Kier alpha value is -5.92. The molecule has 0 aromatic heterocycles.